The van der Waals surface area contributed by atoms with Gasteiger partial charge in [0.15, 0.2) is 5.78 Å². The first-order valence-electron chi connectivity index (χ1n) is 5.16. The molecule has 0 heterocycles. The van der Waals surface area contributed by atoms with Crippen molar-refractivity contribution in [2.45, 2.75) is 31.8 Å². The highest BCUT2D eigenvalue weighted by Crippen LogP contribution is 2.30. The maximum absolute atomic E-state index is 11.5. The second kappa shape index (κ2) is 2.84. The fourth-order valence-corrected chi connectivity index (χ4v) is 1.87. The van der Waals surface area contributed by atoms with Crippen LogP contribution in [0.25, 0.3) is 0 Å². The van der Waals surface area contributed by atoms with Gasteiger partial charge in [0.25, 0.3) is 0 Å². The van der Waals surface area contributed by atoms with Gasteiger partial charge < -0.3 is 4.74 Å². The number of rotatable bonds is 2. The van der Waals surface area contributed by atoms with Gasteiger partial charge in [-0.2, -0.15) is 0 Å². The minimum Gasteiger partial charge on any atom is -0.490 e. The van der Waals surface area contributed by atoms with Gasteiger partial charge in [-0.25, -0.2) is 0 Å². The molecule has 0 unspecified atom stereocenters. The van der Waals surface area contributed by atoms with Crippen LogP contribution in [0, 0.1) is 0 Å². The van der Waals surface area contributed by atoms with Crippen LogP contribution in [0.5, 0.6) is 5.75 Å². The summed E-state index contributed by atoms with van der Waals surface area (Å²) < 4.78 is 5.65. The van der Waals surface area contributed by atoms with Crippen molar-refractivity contribution < 1.29 is 9.53 Å². The molecule has 2 aliphatic rings. The molecule has 2 heteroatoms. The molecule has 0 atom stereocenters. The average Bonchev–Trinajstić information content (AvgIpc) is 2.92. The number of ether oxygens (including phenoxy) is 1. The standard InChI is InChI=1S/C12H12O2/c13-12-6-2-8-1-3-10(7-11(8)12)14-9-4-5-9/h1,3,7,9H,2,4-6H2. The van der Waals surface area contributed by atoms with Gasteiger partial charge in [-0.15, -0.1) is 0 Å². The van der Waals surface area contributed by atoms with Gasteiger partial charge in [-0.1, -0.05) is 6.07 Å². The summed E-state index contributed by atoms with van der Waals surface area (Å²) in [5.74, 6) is 1.13. The number of carbonyl (C=O) groups excluding carboxylic acids is 1. The quantitative estimate of drug-likeness (QED) is 0.712. The van der Waals surface area contributed by atoms with Crippen molar-refractivity contribution in [2.24, 2.45) is 0 Å². The molecule has 0 amide bonds. The molecule has 0 radical (unpaired) electrons. The molecule has 1 fully saturated rings. The molecule has 0 aliphatic heterocycles. The number of benzene rings is 1. The lowest BCUT2D eigenvalue weighted by molar-refractivity contribution is 0.0994. The van der Waals surface area contributed by atoms with E-state index in [2.05, 4.69) is 0 Å². The third-order valence-electron chi connectivity index (χ3n) is 2.83. The maximum atomic E-state index is 11.5. The van der Waals surface area contributed by atoms with Gasteiger partial charge in [0.1, 0.15) is 5.75 Å². The zero-order valence-corrected chi connectivity index (χ0v) is 7.95. The van der Waals surface area contributed by atoms with E-state index in [1.807, 2.05) is 18.2 Å². The molecule has 2 aliphatic carbocycles. The number of carbonyl (C=O) groups is 1. The van der Waals surface area contributed by atoms with Crippen molar-refractivity contribution in [1.82, 2.24) is 0 Å². The zero-order chi connectivity index (χ0) is 9.54. The molecular formula is C12H12O2. The Labute approximate surface area is 82.9 Å². The Morgan fingerprint density at radius 3 is 2.86 bits per heavy atom. The fourth-order valence-electron chi connectivity index (χ4n) is 1.87. The highest BCUT2D eigenvalue weighted by atomic mass is 16.5. The number of aryl methyl sites for hydroxylation is 1. The van der Waals surface area contributed by atoms with Crippen molar-refractivity contribution in [1.29, 1.82) is 0 Å². The SMILES string of the molecule is O=C1CCc2ccc(OC3CC3)cc21. The molecule has 0 N–H and O–H groups in total. The molecule has 0 spiro atoms. The van der Waals surface area contributed by atoms with E-state index in [0.29, 0.717) is 12.5 Å². The highest BCUT2D eigenvalue weighted by Gasteiger charge is 2.25. The van der Waals surface area contributed by atoms with Crippen LogP contribution in [0.4, 0.5) is 0 Å². The zero-order valence-electron chi connectivity index (χ0n) is 7.95. The average molecular weight is 188 g/mol. The molecule has 14 heavy (non-hydrogen) atoms. The first-order chi connectivity index (χ1) is 6.83. The Bertz CT molecular complexity index is 391. The van der Waals surface area contributed by atoms with E-state index in [9.17, 15) is 4.79 Å². The highest BCUT2D eigenvalue weighted by molar-refractivity contribution is 6.00. The van der Waals surface area contributed by atoms with Gasteiger partial charge in [0.05, 0.1) is 6.10 Å². The van der Waals surface area contributed by atoms with Crippen molar-refractivity contribution in [3.63, 3.8) is 0 Å². The van der Waals surface area contributed by atoms with Crippen LogP contribution in [0.3, 0.4) is 0 Å². The van der Waals surface area contributed by atoms with Crippen LogP contribution < -0.4 is 4.74 Å². The van der Waals surface area contributed by atoms with Crippen molar-refractivity contribution >= 4 is 5.78 Å². The molecular weight excluding hydrogens is 176 g/mol. The van der Waals surface area contributed by atoms with E-state index in [1.165, 1.54) is 5.56 Å². The predicted octanol–water partition coefficient (Wildman–Crippen LogP) is 2.36. The lowest BCUT2D eigenvalue weighted by Crippen LogP contribution is -1.98. The summed E-state index contributed by atoms with van der Waals surface area (Å²) in [6.07, 6.45) is 4.29. The molecule has 0 aromatic heterocycles. The number of ketones is 1. The molecule has 1 saturated carbocycles. The Balaban J connectivity index is 1.92. The van der Waals surface area contributed by atoms with E-state index >= 15 is 0 Å². The minimum absolute atomic E-state index is 0.265. The number of fused-ring (bicyclic) bond motifs is 1. The number of Topliss-reactive ketones (excluding diaryl/α,β-unsaturated/α-hetero) is 1. The van der Waals surface area contributed by atoms with Crippen LogP contribution in [-0.4, -0.2) is 11.9 Å². The largest absolute Gasteiger partial charge is 0.490 e. The molecule has 0 bridgehead atoms. The number of hydrogen-bond donors (Lipinski definition) is 0. The number of hydrogen-bond acceptors (Lipinski definition) is 2. The lowest BCUT2D eigenvalue weighted by atomic mass is 10.1. The summed E-state index contributed by atoms with van der Waals surface area (Å²) in [4.78, 5) is 11.5. The Morgan fingerprint density at radius 1 is 1.21 bits per heavy atom. The Kier molecular flexibility index (Phi) is 1.63. The third-order valence-corrected chi connectivity index (χ3v) is 2.83. The van der Waals surface area contributed by atoms with E-state index in [0.717, 1.165) is 30.6 Å². The van der Waals surface area contributed by atoms with Crippen molar-refractivity contribution in [3.05, 3.63) is 29.3 Å². The molecule has 2 nitrogen and oxygen atoms in total. The van der Waals surface area contributed by atoms with E-state index < -0.39 is 0 Å². The van der Waals surface area contributed by atoms with Crippen LogP contribution in [0.1, 0.15) is 35.2 Å². The summed E-state index contributed by atoms with van der Waals surface area (Å²) in [6.45, 7) is 0. The summed E-state index contributed by atoms with van der Waals surface area (Å²) >= 11 is 0. The third kappa shape index (κ3) is 1.31. The van der Waals surface area contributed by atoms with Gasteiger partial charge in [-0.3, -0.25) is 4.79 Å². The first kappa shape index (κ1) is 8.04. The summed E-state index contributed by atoms with van der Waals surface area (Å²) in [5, 5.41) is 0. The Hall–Kier alpha value is -1.31. The predicted molar refractivity (Wildman–Crippen MR) is 52.7 cm³/mol. The second-order valence-electron chi connectivity index (χ2n) is 4.06. The van der Waals surface area contributed by atoms with Crippen LogP contribution in [-0.2, 0) is 6.42 Å². The first-order valence-corrected chi connectivity index (χ1v) is 5.16. The monoisotopic (exact) mass is 188 g/mol. The Morgan fingerprint density at radius 2 is 2.07 bits per heavy atom. The topological polar surface area (TPSA) is 26.3 Å². The van der Waals surface area contributed by atoms with E-state index in [-0.39, 0.29) is 5.78 Å². The van der Waals surface area contributed by atoms with Crippen LogP contribution >= 0.6 is 0 Å². The summed E-state index contributed by atoms with van der Waals surface area (Å²) in [7, 11) is 0. The van der Waals surface area contributed by atoms with Crippen LogP contribution in [0.15, 0.2) is 18.2 Å². The van der Waals surface area contributed by atoms with Gasteiger partial charge >= 0.3 is 0 Å². The minimum atomic E-state index is 0.265. The molecule has 0 saturated heterocycles. The smallest absolute Gasteiger partial charge is 0.163 e. The normalized spacial score (nSPS) is 19.6. The molecule has 72 valence electrons. The molecule has 1 aromatic carbocycles. The van der Waals surface area contributed by atoms with Crippen LogP contribution in [0.2, 0.25) is 0 Å². The van der Waals surface area contributed by atoms with Gasteiger partial charge in [-0.05, 0) is 37.0 Å². The van der Waals surface area contributed by atoms with E-state index in [4.69, 9.17) is 4.74 Å². The summed E-state index contributed by atoms with van der Waals surface area (Å²) in [5.41, 5.74) is 2.06. The van der Waals surface area contributed by atoms with Crippen molar-refractivity contribution in [3.8, 4) is 5.75 Å². The lowest BCUT2D eigenvalue weighted by Gasteiger charge is -2.05. The fraction of sp³-hybridized carbons (Fsp3) is 0.417. The van der Waals surface area contributed by atoms with Crippen molar-refractivity contribution in [2.75, 3.05) is 0 Å². The summed E-state index contributed by atoms with van der Waals surface area (Å²) in [6, 6.07) is 5.91. The van der Waals surface area contributed by atoms with E-state index in [1.54, 1.807) is 0 Å². The molecule has 1 aromatic rings. The van der Waals surface area contributed by atoms with Gasteiger partial charge in [0, 0.05) is 12.0 Å². The van der Waals surface area contributed by atoms with Gasteiger partial charge in [0.2, 0.25) is 0 Å². The second-order valence-corrected chi connectivity index (χ2v) is 4.06. The maximum Gasteiger partial charge on any atom is 0.163 e. The molecule has 3 rings (SSSR count).